The summed E-state index contributed by atoms with van der Waals surface area (Å²) in [4.78, 5) is 23.8. The fraction of sp³-hybridized carbons (Fsp3) is 0.300. The van der Waals surface area contributed by atoms with Crippen molar-refractivity contribution < 1.29 is 27.1 Å². The zero-order valence-electron chi connectivity index (χ0n) is 16.2. The Hall–Kier alpha value is -2.20. The highest BCUT2D eigenvalue weighted by Gasteiger charge is 2.29. The standard InChI is InChI=1S/C20H19Cl2FN2O5S/c21-14-5-4-6-16(19(14)22)24-18(26)12-30-20(27)13-7-8-15(23)17(11-13)31(28,29)25-9-2-1-3-10-25/h4-8,11H,1-3,9-10,12H2,(H,24,26). The molecule has 3 rings (SSSR count). The van der Waals surface area contributed by atoms with Gasteiger partial charge in [-0.05, 0) is 43.2 Å². The number of ether oxygens (including phenoxy) is 1. The van der Waals surface area contributed by atoms with Crippen LogP contribution in [0.15, 0.2) is 41.3 Å². The summed E-state index contributed by atoms with van der Waals surface area (Å²) in [7, 11) is -4.09. The SMILES string of the molecule is O=C(COC(=O)c1ccc(F)c(S(=O)(=O)N2CCCCC2)c1)Nc1cccc(Cl)c1Cl. The zero-order chi connectivity index (χ0) is 22.6. The Bertz CT molecular complexity index is 1100. The third kappa shape index (κ3) is 5.54. The number of carbonyl (C=O) groups is 2. The molecule has 11 heteroatoms. The number of amides is 1. The van der Waals surface area contributed by atoms with Gasteiger partial charge in [0.15, 0.2) is 6.61 Å². The first-order chi connectivity index (χ1) is 14.7. The van der Waals surface area contributed by atoms with Gasteiger partial charge in [0.05, 0.1) is 21.3 Å². The molecule has 166 valence electrons. The van der Waals surface area contributed by atoms with Gasteiger partial charge in [-0.1, -0.05) is 35.7 Å². The van der Waals surface area contributed by atoms with Crippen LogP contribution in [-0.4, -0.2) is 44.3 Å². The van der Waals surface area contributed by atoms with Gasteiger partial charge in [0, 0.05) is 13.1 Å². The molecule has 2 aromatic carbocycles. The summed E-state index contributed by atoms with van der Waals surface area (Å²) in [6.45, 7) is -0.0708. The topological polar surface area (TPSA) is 92.8 Å². The lowest BCUT2D eigenvalue weighted by Crippen LogP contribution is -2.36. The molecule has 0 aliphatic carbocycles. The number of hydrogen-bond donors (Lipinski definition) is 1. The largest absolute Gasteiger partial charge is 0.452 e. The first-order valence-corrected chi connectivity index (χ1v) is 11.6. The molecular weight excluding hydrogens is 470 g/mol. The number of piperidine rings is 1. The van der Waals surface area contributed by atoms with E-state index in [-0.39, 0.29) is 21.3 Å². The molecule has 1 saturated heterocycles. The molecule has 0 aromatic heterocycles. The van der Waals surface area contributed by atoms with E-state index in [0.29, 0.717) is 25.9 Å². The molecule has 0 radical (unpaired) electrons. The van der Waals surface area contributed by atoms with Crippen LogP contribution in [0.25, 0.3) is 0 Å². The molecule has 0 spiro atoms. The van der Waals surface area contributed by atoms with Gasteiger partial charge in [0.25, 0.3) is 5.91 Å². The van der Waals surface area contributed by atoms with Gasteiger partial charge in [-0.2, -0.15) is 4.31 Å². The van der Waals surface area contributed by atoms with Crippen molar-refractivity contribution in [3.8, 4) is 0 Å². The maximum atomic E-state index is 14.3. The first kappa shape index (κ1) is 23.5. The zero-order valence-corrected chi connectivity index (χ0v) is 18.6. The van der Waals surface area contributed by atoms with Crippen molar-refractivity contribution in [3.05, 3.63) is 57.8 Å². The van der Waals surface area contributed by atoms with E-state index in [9.17, 15) is 22.4 Å². The summed E-state index contributed by atoms with van der Waals surface area (Å²) in [6, 6.07) is 7.55. The molecule has 1 aliphatic heterocycles. The van der Waals surface area contributed by atoms with Crippen molar-refractivity contribution in [2.24, 2.45) is 0 Å². The number of nitrogens with zero attached hydrogens (tertiary/aromatic N) is 1. The summed E-state index contributed by atoms with van der Waals surface area (Å²) >= 11 is 11.9. The van der Waals surface area contributed by atoms with Crippen LogP contribution in [0.2, 0.25) is 10.0 Å². The van der Waals surface area contributed by atoms with Crippen LogP contribution < -0.4 is 5.32 Å². The molecule has 1 heterocycles. The molecule has 0 saturated carbocycles. The fourth-order valence-electron chi connectivity index (χ4n) is 3.07. The number of rotatable bonds is 6. The van der Waals surface area contributed by atoms with Gasteiger partial charge < -0.3 is 10.1 Å². The van der Waals surface area contributed by atoms with Gasteiger partial charge in [-0.3, -0.25) is 4.79 Å². The average molecular weight is 489 g/mol. The number of esters is 1. The van der Waals surface area contributed by atoms with E-state index in [4.69, 9.17) is 27.9 Å². The average Bonchev–Trinajstić information content (AvgIpc) is 2.76. The Morgan fingerprint density at radius 1 is 1.10 bits per heavy atom. The quantitative estimate of drug-likeness (QED) is 0.617. The van der Waals surface area contributed by atoms with Gasteiger partial charge in [-0.25, -0.2) is 17.6 Å². The lowest BCUT2D eigenvalue weighted by molar-refractivity contribution is -0.119. The summed E-state index contributed by atoms with van der Waals surface area (Å²) in [6.07, 6.45) is 2.28. The Labute approximate surface area is 189 Å². The molecule has 0 unspecified atom stereocenters. The van der Waals surface area contributed by atoms with Crippen LogP contribution in [-0.2, 0) is 19.6 Å². The van der Waals surface area contributed by atoms with Crippen molar-refractivity contribution in [1.82, 2.24) is 4.31 Å². The summed E-state index contributed by atoms with van der Waals surface area (Å²) in [5, 5.41) is 2.83. The minimum Gasteiger partial charge on any atom is -0.452 e. The number of nitrogens with one attached hydrogen (secondary N) is 1. The normalized spacial score (nSPS) is 14.8. The van der Waals surface area contributed by atoms with Gasteiger partial charge in [0.1, 0.15) is 10.7 Å². The summed E-state index contributed by atoms with van der Waals surface area (Å²) in [5.74, 6) is -2.61. The number of benzene rings is 2. The molecule has 1 amide bonds. The third-order valence-corrected chi connectivity index (χ3v) is 7.39. The van der Waals surface area contributed by atoms with Crippen molar-refractivity contribution >= 4 is 50.8 Å². The Kier molecular flexibility index (Phi) is 7.53. The molecule has 31 heavy (non-hydrogen) atoms. The maximum absolute atomic E-state index is 14.3. The number of hydrogen-bond acceptors (Lipinski definition) is 5. The van der Waals surface area contributed by atoms with Crippen LogP contribution in [0.5, 0.6) is 0 Å². The van der Waals surface area contributed by atoms with Crippen LogP contribution in [0, 0.1) is 5.82 Å². The van der Waals surface area contributed by atoms with Crippen LogP contribution in [0.4, 0.5) is 10.1 Å². The summed E-state index contributed by atoms with van der Waals surface area (Å²) in [5.41, 5.74) is 0.0532. The van der Waals surface area contributed by atoms with Gasteiger partial charge >= 0.3 is 5.97 Å². The van der Waals surface area contributed by atoms with Gasteiger partial charge in [-0.15, -0.1) is 0 Å². The Morgan fingerprint density at radius 2 is 1.81 bits per heavy atom. The number of anilines is 1. The van der Waals surface area contributed by atoms with Crippen LogP contribution in [0.1, 0.15) is 29.6 Å². The molecule has 1 N–H and O–H groups in total. The minimum atomic E-state index is -4.09. The van der Waals surface area contributed by atoms with E-state index in [1.165, 1.54) is 10.4 Å². The van der Waals surface area contributed by atoms with Crippen molar-refractivity contribution in [2.75, 3.05) is 25.0 Å². The van der Waals surface area contributed by atoms with Crippen molar-refractivity contribution in [1.29, 1.82) is 0 Å². The molecule has 7 nitrogen and oxygen atoms in total. The highest BCUT2D eigenvalue weighted by atomic mass is 35.5. The smallest absolute Gasteiger partial charge is 0.338 e. The van der Waals surface area contributed by atoms with Gasteiger partial charge in [0.2, 0.25) is 10.0 Å². The molecule has 1 fully saturated rings. The van der Waals surface area contributed by atoms with E-state index < -0.39 is 39.2 Å². The molecular formula is C20H19Cl2FN2O5S. The number of carbonyl (C=O) groups excluding carboxylic acids is 2. The van der Waals surface area contributed by atoms with Crippen LogP contribution in [0.3, 0.4) is 0 Å². The molecule has 2 aromatic rings. The first-order valence-electron chi connectivity index (χ1n) is 9.41. The minimum absolute atomic E-state index is 0.134. The molecule has 0 bridgehead atoms. The second-order valence-electron chi connectivity index (χ2n) is 6.84. The molecule has 0 atom stereocenters. The lowest BCUT2D eigenvalue weighted by Gasteiger charge is -2.26. The van der Waals surface area contributed by atoms with Crippen molar-refractivity contribution in [2.45, 2.75) is 24.2 Å². The highest BCUT2D eigenvalue weighted by Crippen LogP contribution is 2.29. The maximum Gasteiger partial charge on any atom is 0.338 e. The lowest BCUT2D eigenvalue weighted by atomic mass is 10.2. The van der Waals surface area contributed by atoms with E-state index in [2.05, 4.69) is 5.32 Å². The van der Waals surface area contributed by atoms with Crippen LogP contribution >= 0.6 is 23.2 Å². The predicted octanol–water partition coefficient (Wildman–Crippen LogP) is 4.10. The number of halogens is 3. The van der Waals surface area contributed by atoms with E-state index in [0.717, 1.165) is 24.6 Å². The monoisotopic (exact) mass is 488 g/mol. The Balaban J connectivity index is 1.69. The number of sulfonamides is 1. The predicted molar refractivity (Wildman–Crippen MR) is 114 cm³/mol. The molecule has 1 aliphatic rings. The van der Waals surface area contributed by atoms with E-state index in [1.807, 2.05) is 0 Å². The second kappa shape index (κ2) is 9.95. The van der Waals surface area contributed by atoms with Crippen molar-refractivity contribution in [3.63, 3.8) is 0 Å². The van der Waals surface area contributed by atoms with E-state index >= 15 is 0 Å². The third-order valence-electron chi connectivity index (χ3n) is 4.66. The summed E-state index contributed by atoms with van der Waals surface area (Å²) < 4.78 is 45.9. The fourth-order valence-corrected chi connectivity index (χ4v) is 5.03. The second-order valence-corrected chi connectivity index (χ2v) is 9.53. The van der Waals surface area contributed by atoms with E-state index in [1.54, 1.807) is 12.1 Å². The highest BCUT2D eigenvalue weighted by molar-refractivity contribution is 7.89. The Morgan fingerprint density at radius 3 is 2.52 bits per heavy atom.